The normalized spacial score (nSPS) is 12.0. The summed E-state index contributed by atoms with van der Waals surface area (Å²) in [4.78, 5) is 13.6. The Morgan fingerprint density at radius 3 is 2.81 bits per heavy atom. The Kier molecular flexibility index (Phi) is 7.47. The fourth-order valence-electron chi connectivity index (χ4n) is 1.91. The van der Waals surface area contributed by atoms with E-state index in [9.17, 15) is 9.18 Å². The lowest BCUT2D eigenvalue weighted by atomic mass is 10.1. The first-order valence-electron chi connectivity index (χ1n) is 7.01. The van der Waals surface area contributed by atoms with E-state index in [-0.39, 0.29) is 25.2 Å². The molecule has 0 saturated heterocycles. The van der Waals surface area contributed by atoms with Gasteiger partial charge in [0.25, 0.3) is 0 Å². The number of hydrogen-bond acceptors (Lipinski definition) is 2. The maximum atomic E-state index is 12.9. The third-order valence-corrected chi connectivity index (χ3v) is 3.81. The molecule has 1 aromatic rings. The van der Waals surface area contributed by atoms with Crippen molar-refractivity contribution in [3.05, 3.63) is 34.6 Å². The molecule has 1 rings (SSSR count). The molecule has 2 amide bonds. The first kappa shape index (κ1) is 17.7. The summed E-state index contributed by atoms with van der Waals surface area (Å²) >= 11 is 5.91. The third kappa shape index (κ3) is 5.89. The molecule has 0 aliphatic rings. The van der Waals surface area contributed by atoms with Gasteiger partial charge >= 0.3 is 6.03 Å². The highest BCUT2D eigenvalue weighted by Gasteiger charge is 2.15. The van der Waals surface area contributed by atoms with Crippen LogP contribution in [0.25, 0.3) is 0 Å². The van der Waals surface area contributed by atoms with E-state index >= 15 is 0 Å². The molecule has 118 valence electrons. The molecule has 1 atom stereocenters. The lowest BCUT2D eigenvalue weighted by Crippen LogP contribution is -2.42. The van der Waals surface area contributed by atoms with Crippen molar-refractivity contribution in [2.24, 2.45) is 0 Å². The van der Waals surface area contributed by atoms with Gasteiger partial charge < -0.3 is 15.3 Å². The zero-order chi connectivity index (χ0) is 15.8. The number of rotatable bonds is 7. The maximum absolute atomic E-state index is 12.9. The van der Waals surface area contributed by atoms with Crippen molar-refractivity contribution >= 4 is 17.6 Å². The molecule has 0 saturated carbocycles. The van der Waals surface area contributed by atoms with Gasteiger partial charge in [0.05, 0.1) is 0 Å². The molecule has 2 N–H and O–H groups in total. The number of carbonyl (C=O) groups is 1. The molecule has 1 aromatic carbocycles. The van der Waals surface area contributed by atoms with Gasteiger partial charge in [-0.1, -0.05) is 17.7 Å². The monoisotopic (exact) mass is 316 g/mol. The minimum Gasteiger partial charge on any atom is -0.396 e. The fourth-order valence-corrected chi connectivity index (χ4v) is 2.14. The van der Waals surface area contributed by atoms with Gasteiger partial charge in [0.15, 0.2) is 0 Å². The van der Waals surface area contributed by atoms with Crippen molar-refractivity contribution in [3.8, 4) is 0 Å². The standard InChI is InChI=1S/C15H22ClFN2O2/c1-11(5-3-4-8-20)19(2)15(21)18-10-12-6-7-13(17)9-14(12)16/h6-7,9,11,20H,3-5,8,10H2,1-2H3,(H,18,21)/t11-/m0/s1. The number of benzene rings is 1. The van der Waals surface area contributed by atoms with Crippen LogP contribution in [0.1, 0.15) is 31.7 Å². The SMILES string of the molecule is C[C@@H](CCCCO)N(C)C(=O)NCc1ccc(F)cc1Cl. The Labute approximate surface area is 129 Å². The Bertz CT molecular complexity index is 471. The molecule has 21 heavy (non-hydrogen) atoms. The number of amides is 2. The van der Waals surface area contributed by atoms with E-state index in [1.54, 1.807) is 18.0 Å². The first-order valence-corrected chi connectivity index (χ1v) is 7.39. The highest BCUT2D eigenvalue weighted by atomic mass is 35.5. The summed E-state index contributed by atoms with van der Waals surface area (Å²) in [6.45, 7) is 2.39. The molecular formula is C15H22ClFN2O2. The number of aliphatic hydroxyl groups is 1. The van der Waals surface area contributed by atoms with E-state index in [4.69, 9.17) is 16.7 Å². The van der Waals surface area contributed by atoms with Crippen molar-refractivity contribution < 1.29 is 14.3 Å². The van der Waals surface area contributed by atoms with Gasteiger partial charge in [0, 0.05) is 31.3 Å². The number of carbonyl (C=O) groups excluding carboxylic acids is 1. The van der Waals surface area contributed by atoms with Crippen molar-refractivity contribution in [1.29, 1.82) is 0 Å². The summed E-state index contributed by atoms with van der Waals surface area (Å²) in [6.07, 6.45) is 2.45. The highest BCUT2D eigenvalue weighted by molar-refractivity contribution is 6.31. The van der Waals surface area contributed by atoms with Gasteiger partial charge in [-0.3, -0.25) is 0 Å². The van der Waals surface area contributed by atoms with Crippen molar-refractivity contribution in [2.75, 3.05) is 13.7 Å². The van der Waals surface area contributed by atoms with E-state index in [2.05, 4.69) is 5.32 Å². The van der Waals surface area contributed by atoms with Crippen molar-refractivity contribution in [2.45, 2.75) is 38.8 Å². The molecule has 0 heterocycles. The average molecular weight is 317 g/mol. The summed E-state index contributed by atoms with van der Waals surface area (Å²) in [7, 11) is 1.73. The lowest BCUT2D eigenvalue weighted by molar-refractivity contribution is 0.188. The van der Waals surface area contributed by atoms with Crippen molar-refractivity contribution in [3.63, 3.8) is 0 Å². The van der Waals surface area contributed by atoms with E-state index in [0.29, 0.717) is 10.6 Å². The molecule has 0 unspecified atom stereocenters. The first-order chi connectivity index (χ1) is 9.95. The number of unbranched alkanes of at least 4 members (excludes halogenated alkanes) is 1. The van der Waals surface area contributed by atoms with Gasteiger partial charge in [-0.2, -0.15) is 0 Å². The van der Waals surface area contributed by atoms with Gasteiger partial charge in [-0.25, -0.2) is 9.18 Å². The Morgan fingerprint density at radius 1 is 1.48 bits per heavy atom. The summed E-state index contributed by atoms with van der Waals surface area (Å²) < 4.78 is 12.9. The van der Waals surface area contributed by atoms with Crippen LogP contribution in [0.5, 0.6) is 0 Å². The predicted molar refractivity (Wildman–Crippen MR) is 81.8 cm³/mol. The quantitative estimate of drug-likeness (QED) is 0.759. The molecule has 0 fully saturated rings. The topological polar surface area (TPSA) is 52.6 Å². The van der Waals surface area contributed by atoms with Crippen LogP contribution < -0.4 is 5.32 Å². The largest absolute Gasteiger partial charge is 0.396 e. The average Bonchev–Trinajstić information content (AvgIpc) is 2.45. The minimum atomic E-state index is -0.398. The molecule has 0 bridgehead atoms. The van der Waals surface area contributed by atoms with Crippen LogP contribution in [0.4, 0.5) is 9.18 Å². The highest BCUT2D eigenvalue weighted by Crippen LogP contribution is 2.17. The summed E-state index contributed by atoms with van der Waals surface area (Å²) in [6, 6.07) is 3.98. The summed E-state index contributed by atoms with van der Waals surface area (Å²) in [5, 5.41) is 11.8. The number of nitrogens with zero attached hydrogens (tertiary/aromatic N) is 1. The third-order valence-electron chi connectivity index (χ3n) is 3.46. The number of nitrogens with one attached hydrogen (secondary N) is 1. The second kappa shape index (κ2) is 8.85. The van der Waals surface area contributed by atoms with Crippen LogP contribution in [-0.4, -0.2) is 35.7 Å². The van der Waals surface area contributed by atoms with E-state index in [1.165, 1.54) is 12.1 Å². The maximum Gasteiger partial charge on any atom is 0.317 e. The fraction of sp³-hybridized carbons (Fsp3) is 0.533. The zero-order valence-electron chi connectivity index (χ0n) is 12.4. The molecule has 0 aliphatic heterocycles. The molecule has 4 nitrogen and oxygen atoms in total. The number of aliphatic hydroxyl groups excluding tert-OH is 1. The lowest BCUT2D eigenvalue weighted by Gasteiger charge is -2.25. The van der Waals surface area contributed by atoms with Gasteiger partial charge in [0.1, 0.15) is 5.82 Å². The summed E-state index contributed by atoms with van der Waals surface area (Å²) in [5.41, 5.74) is 0.674. The molecule has 0 radical (unpaired) electrons. The van der Waals surface area contributed by atoms with E-state index in [1.807, 2.05) is 6.92 Å². The molecular weight excluding hydrogens is 295 g/mol. The molecule has 0 aromatic heterocycles. The number of halogens is 2. The molecule has 0 spiro atoms. The molecule has 0 aliphatic carbocycles. The Morgan fingerprint density at radius 2 is 2.19 bits per heavy atom. The predicted octanol–water partition coefficient (Wildman–Crippen LogP) is 3.17. The molecule has 6 heteroatoms. The van der Waals surface area contributed by atoms with E-state index < -0.39 is 5.82 Å². The van der Waals surface area contributed by atoms with Crippen LogP contribution in [0.2, 0.25) is 5.02 Å². The van der Waals surface area contributed by atoms with Crippen LogP contribution >= 0.6 is 11.6 Å². The minimum absolute atomic E-state index is 0.0836. The van der Waals surface area contributed by atoms with Gasteiger partial charge in [0.2, 0.25) is 0 Å². The van der Waals surface area contributed by atoms with Crippen LogP contribution in [0.15, 0.2) is 18.2 Å². The Balaban J connectivity index is 2.45. The van der Waals surface area contributed by atoms with Crippen LogP contribution in [-0.2, 0) is 6.54 Å². The second-order valence-corrected chi connectivity index (χ2v) is 5.48. The zero-order valence-corrected chi connectivity index (χ0v) is 13.2. The number of urea groups is 1. The van der Waals surface area contributed by atoms with Crippen LogP contribution in [0, 0.1) is 5.82 Å². The smallest absolute Gasteiger partial charge is 0.317 e. The Hall–Kier alpha value is -1.33. The van der Waals surface area contributed by atoms with Crippen LogP contribution in [0.3, 0.4) is 0 Å². The van der Waals surface area contributed by atoms with Crippen molar-refractivity contribution in [1.82, 2.24) is 10.2 Å². The number of hydrogen-bond donors (Lipinski definition) is 2. The van der Waals surface area contributed by atoms with Gasteiger partial charge in [-0.05, 0) is 43.9 Å². The summed E-state index contributed by atoms with van der Waals surface area (Å²) in [5.74, 6) is -0.398. The van der Waals surface area contributed by atoms with E-state index in [0.717, 1.165) is 19.3 Å². The van der Waals surface area contributed by atoms with Gasteiger partial charge in [-0.15, -0.1) is 0 Å². The second-order valence-electron chi connectivity index (χ2n) is 5.07.